The molecule has 0 atom stereocenters. The lowest BCUT2D eigenvalue weighted by Crippen LogP contribution is -2.11. The van der Waals surface area contributed by atoms with Gasteiger partial charge in [-0.3, -0.25) is 0 Å². The first-order valence-electron chi connectivity index (χ1n) is 9.76. The lowest BCUT2D eigenvalue weighted by atomic mass is 9.93. The van der Waals surface area contributed by atoms with E-state index < -0.39 is 0 Å². The molecule has 0 saturated heterocycles. The lowest BCUT2D eigenvalue weighted by Gasteiger charge is -2.17. The van der Waals surface area contributed by atoms with Crippen LogP contribution in [-0.4, -0.2) is 57.9 Å². The molecule has 0 aliphatic rings. The summed E-state index contributed by atoms with van der Waals surface area (Å²) < 4.78 is 22.2. The zero-order valence-corrected chi connectivity index (χ0v) is 19.6. The molecule has 26 heavy (non-hydrogen) atoms. The molecule has 0 aromatic heterocycles. The molecule has 0 aromatic carbocycles. The zero-order valence-electron chi connectivity index (χ0n) is 17.9. The molecule has 0 aromatic rings. The lowest BCUT2D eigenvalue weighted by molar-refractivity contribution is -0.0541. The van der Waals surface area contributed by atoms with Crippen LogP contribution in [0.4, 0.5) is 0 Å². The van der Waals surface area contributed by atoms with Gasteiger partial charge in [0.2, 0.25) is 0 Å². The van der Waals surface area contributed by atoms with E-state index in [1.807, 2.05) is 21.6 Å². The van der Waals surface area contributed by atoms with E-state index in [4.69, 9.17) is 18.9 Å². The first-order chi connectivity index (χ1) is 12.2. The van der Waals surface area contributed by atoms with Gasteiger partial charge in [-0.05, 0) is 30.1 Å². The van der Waals surface area contributed by atoms with Crippen LogP contribution in [0.3, 0.4) is 0 Å². The number of hydrogen-bond donors (Lipinski definition) is 0. The van der Waals surface area contributed by atoms with Gasteiger partial charge in [0.15, 0.2) is 0 Å². The van der Waals surface area contributed by atoms with Crippen molar-refractivity contribution in [1.29, 1.82) is 0 Å². The van der Waals surface area contributed by atoms with Crippen LogP contribution >= 0.6 is 21.6 Å². The third-order valence-electron chi connectivity index (χ3n) is 3.44. The third-order valence-corrected chi connectivity index (χ3v) is 5.78. The Bertz CT molecular complexity index is 271. The Kier molecular flexibility index (Phi) is 16.8. The van der Waals surface area contributed by atoms with Crippen LogP contribution in [0.15, 0.2) is 0 Å². The maximum Gasteiger partial charge on any atom is 0.146 e. The summed E-state index contributed by atoms with van der Waals surface area (Å²) >= 11 is 0. The highest BCUT2D eigenvalue weighted by atomic mass is 33.1. The van der Waals surface area contributed by atoms with Gasteiger partial charge in [-0.15, -0.1) is 0 Å². The van der Waals surface area contributed by atoms with Crippen LogP contribution < -0.4 is 0 Å². The van der Waals surface area contributed by atoms with E-state index in [9.17, 15) is 0 Å². The van der Waals surface area contributed by atoms with Gasteiger partial charge in [-0.25, -0.2) is 0 Å². The van der Waals surface area contributed by atoms with Gasteiger partial charge in [0.1, 0.15) is 6.79 Å². The molecule has 0 radical (unpaired) electrons. The fourth-order valence-corrected chi connectivity index (χ4v) is 3.43. The first-order valence-corrected chi connectivity index (χ1v) is 12.2. The van der Waals surface area contributed by atoms with Crippen molar-refractivity contribution < 1.29 is 18.9 Å². The Morgan fingerprint density at radius 2 is 0.962 bits per heavy atom. The van der Waals surface area contributed by atoms with Gasteiger partial charge in [-0.2, -0.15) is 0 Å². The van der Waals surface area contributed by atoms with Crippen molar-refractivity contribution in [2.75, 3.05) is 57.9 Å². The minimum Gasteiger partial charge on any atom is -0.381 e. The number of rotatable bonds is 17. The molecule has 0 bridgehead atoms. The molecule has 0 spiro atoms. The molecular weight excluding hydrogens is 368 g/mol. The maximum absolute atomic E-state index is 5.62. The van der Waals surface area contributed by atoms with E-state index in [1.165, 1.54) is 0 Å². The van der Waals surface area contributed by atoms with Crippen molar-refractivity contribution in [2.24, 2.45) is 10.8 Å². The van der Waals surface area contributed by atoms with E-state index in [0.717, 1.165) is 70.4 Å². The first kappa shape index (κ1) is 26.5. The molecule has 0 aliphatic heterocycles. The second-order valence-electron chi connectivity index (χ2n) is 8.78. The molecule has 6 heteroatoms. The Labute approximate surface area is 170 Å². The Balaban J connectivity index is 3.07. The highest BCUT2D eigenvalue weighted by Crippen LogP contribution is 2.20. The fraction of sp³-hybridized carbons (Fsp3) is 1.00. The Morgan fingerprint density at radius 1 is 0.538 bits per heavy atom. The number of hydrogen-bond acceptors (Lipinski definition) is 6. The van der Waals surface area contributed by atoms with Crippen LogP contribution in [-0.2, 0) is 18.9 Å². The standard InChI is InChI=1S/C20H42O4S2/c1-19(2,3)8-12-21-10-7-11-22-14-16-25-26-17-15-24-18-23-13-9-20(4,5)6/h7-18H2,1-6H3. The third kappa shape index (κ3) is 24.5. The van der Waals surface area contributed by atoms with Gasteiger partial charge >= 0.3 is 0 Å². The van der Waals surface area contributed by atoms with E-state index in [-0.39, 0.29) is 0 Å². The highest BCUT2D eigenvalue weighted by Gasteiger charge is 2.09. The quantitative estimate of drug-likeness (QED) is 0.175. The van der Waals surface area contributed by atoms with Crippen LogP contribution in [0.1, 0.15) is 60.8 Å². The van der Waals surface area contributed by atoms with Crippen molar-refractivity contribution in [1.82, 2.24) is 0 Å². The van der Waals surface area contributed by atoms with E-state index >= 15 is 0 Å². The smallest absolute Gasteiger partial charge is 0.146 e. The summed E-state index contributed by atoms with van der Waals surface area (Å²) in [7, 11) is 3.67. The summed E-state index contributed by atoms with van der Waals surface area (Å²) in [6.07, 6.45) is 3.14. The summed E-state index contributed by atoms with van der Waals surface area (Å²) in [5, 5.41) is 0. The van der Waals surface area contributed by atoms with Gasteiger partial charge in [0, 0.05) is 37.9 Å². The molecule has 0 fully saturated rings. The minimum absolute atomic E-state index is 0.327. The second kappa shape index (κ2) is 16.5. The SMILES string of the molecule is CC(C)(C)CCOCCCOCCSSCCOCOCCC(C)(C)C. The van der Waals surface area contributed by atoms with Gasteiger partial charge in [0.05, 0.1) is 13.2 Å². The van der Waals surface area contributed by atoms with Crippen LogP contribution in [0.5, 0.6) is 0 Å². The van der Waals surface area contributed by atoms with E-state index in [0.29, 0.717) is 17.6 Å². The topological polar surface area (TPSA) is 36.9 Å². The highest BCUT2D eigenvalue weighted by molar-refractivity contribution is 8.76. The fourth-order valence-electron chi connectivity index (χ4n) is 1.70. The molecule has 0 saturated carbocycles. The molecule has 0 rings (SSSR count). The summed E-state index contributed by atoms with van der Waals surface area (Å²) in [6.45, 7) is 18.5. The average molecular weight is 411 g/mol. The number of ether oxygens (including phenoxy) is 4. The molecule has 0 amide bonds. The van der Waals surface area contributed by atoms with Crippen molar-refractivity contribution in [2.45, 2.75) is 60.8 Å². The molecule has 0 unspecified atom stereocenters. The van der Waals surface area contributed by atoms with Crippen LogP contribution in [0.2, 0.25) is 0 Å². The predicted molar refractivity (Wildman–Crippen MR) is 116 cm³/mol. The molecule has 0 aliphatic carbocycles. The Hall–Kier alpha value is 0.540. The van der Waals surface area contributed by atoms with Crippen molar-refractivity contribution in [3.8, 4) is 0 Å². The largest absolute Gasteiger partial charge is 0.381 e. The second-order valence-corrected chi connectivity index (χ2v) is 11.5. The summed E-state index contributed by atoms with van der Waals surface area (Å²) in [5.74, 6) is 1.99. The molecular formula is C20H42O4S2. The van der Waals surface area contributed by atoms with Crippen LogP contribution in [0.25, 0.3) is 0 Å². The summed E-state index contributed by atoms with van der Waals surface area (Å²) in [4.78, 5) is 0. The molecule has 158 valence electrons. The molecule has 0 N–H and O–H groups in total. The van der Waals surface area contributed by atoms with Crippen LogP contribution in [0, 0.1) is 10.8 Å². The van der Waals surface area contributed by atoms with Gasteiger partial charge < -0.3 is 18.9 Å². The van der Waals surface area contributed by atoms with E-state index in [1.54, 1.807) is 0 Å². The van der Waals surface area contributed by atoms with Crippen molar-refractivity contribution in [3.05, 3.63) is 0 Å². The summed E-state index contributed by atoms with van der Waals surface area (Å²) in [6, 6.07) is 0. The normalized spacial score (nSPS) is 12.7. The summed E-state index contributed by atoms with van der Waals surface area (Å²) in [5.41, 5.74) is 0.684. The van der Waals surface area contributed by atoms with E-state index in [2.05, 4.69) is 41.5 Å². The zero-order chi connectivity index (χ0) is 19.7. The minimum atomic E-state index is 0.327. The average Bonchev–Trinajstić information content (AvgIpc) is 2.51. The Morgan fingerprint density at radius 3 is 1.50 bits per heavy atom. The maximum atomic E-state index is 5.62. The van der Waals surface area contributed by atoms with Gasteiger partial charge in [0.25, 0.3) is 0 Å². The predicted octanol–water partition coefficient (Wildman–Crippen LogP) is 5.65. The monoisotopic (exact) mass is 410 g/mol. The molecule has 0 heterocycles. The molecule has 4 nitrogen and oxygen atoms in total. The van der Waals surface area contributed by atoms with Gasteiger partial charge in [-0.1, -0.05) is 63.1 Å². The van der Waals surface area contributed by atoms with Crippen molar-refractivity contribution >= 4 is 21.6 Å². The van der Waals surface area contributed by atoms with Crippen molar-refractivity contribution in [3.63, 3.8) is 0 Å².